The van der Waals surface area contributed by atoms with Gasteiger partial charge < -0.3 is 13.7 Å². The molecule has 1 aliphatic rings. The predicted octanol–water partition coefficient (Wildman–Crippen LogP) is 15.7. The van der Waals surface area contributed by atoms with Crippen LogP contribution in [0.3, 0.4) is 0 Å². The second-order valence-corrected chi connectivity index (χ2v) is 18.8. The number of benzene rings is 6. The Hall–Kier alpha value is -4.69. The van der Waals surface area contributed by atoms with Gasteiger partial charge in [-0.3, -0.25) is 0 Å². The van der Waals surface area contributed by atoms with Crippen LogP contribution in [0.5, 0.6) is 0 Å². The van der Waals surface area contributed by atoms with Crippen molar-refractivity contribution in [2.24, 2.45) is 0 Å². The zero-order valence-electron chi connectivity index (χ0n) is 37.2. The summed E-state index contributed by atoms with van der Waals surface area (Å²) < 4.78 is 15.3. The van der Waals surface area contributed by atoms with Gasteiger partial charge in [-0.05, 0) is 144 Å². The topological polar surface area (TPSA) is 53.5 Å². The Kier molecular flexibility index (Phi) is 14.3. The summed E-state index contributed by atoms with van der Waals surface area (Å²) in [6.45, 7) is 23.5. The second kappa shape index (κ2) is 19.0. The molecule has 0 unspecified atom stereocenters. The van der Waals surface area contributed by atoms with Crippen LogP contribution in [0.1, 0.15) is 71.2 Å². The molecule has 1 aliphatic heterocycles. The summed E-state index contributed by atoms with van der Waals surface area (Å²) in [6, 6.07) is 42.3. The minimum atomic E-state index is -0.135. The summed E-state index contributed by atoms with van der Waals surface area (Å²) in [5, 5.41) is 8.42. The lowest BCUT2D eigenvalue weighted by Crippen LogP contribution is -2.44. The number of aromatic nitrogens is 2. The van der Waals surface area contributed by atoms with Gasteiger partial charge in [0.05, 0.1) is 32.5 Å². The van der Waals surface area contributed by atoms with Gasteiger partial charge in [0.1, 0.15) is 0 Å². The molecule has 316 valence electrons. The number of halogens is 2. The molecule has 0 atom stereocenters. The summed E-state index contributed by atoms with van der Waals surface area (Å²) in [5.74, 6) is 0. The highest BCUT2D eigenvalue weighted by atomic mass is 35.5. The first-order chi connectivity index (χ1) is 28.9. The van der Waals surface area contributed by atoms with Gasteiger partial charge in [-0.15, -0.1) is 0 Å². The highest BCUT2D eigenvalue weighted by Gasteiger charge is 2.31. The molecule has 0 bridgehead atoms. The van der Waals surface area contributed by atoms with E-state index >= 15 is 0 Å². The van der Waals surface area contributed by atoms with Crippen molar-refractivity contribution in [1.82, 2.24) is 9.97 Å². The van der Waals surface area contributed by atoms with E-state index in [1.54, 1.807) is 0 Å². The lowest BCUT2D eigenvalue weighted by molar-refractivity contribution is 0.294. The van der Waals surface area contributed by atoms with E-state index in [1.165, 1.54) is 54.7 Å². The maximum absolute atomic E-state index is 6.54. The first-order valence-corrected chi connectivity index (χ1v) is 21.8. The van der Waals surface area contributed by atoms with Crippen molar-refractivity contribution in [2.75, 3.05) is 0 Å². The number of hydrogen-bond acceptors (Lipinski definition) is 5. The number of aryl methyl sites for hydroxylation is 2. The monoisotopic (exact) mass is 860 g/mol. The van der Waals surface area contributed by atoms with Crippen LogP contribution in [-0.4, -0.2) is 31.3 Å². The Labute approximate surface area is 380 Å². The zero-order chi connectivity index (χ0) is 43.8. The van der Waals surface area contributed by atoms with Crippen LogP contribution in [0.15, 0.2) is 121 Å². The summed E-state index contributed by atoms with van der Waals surface area (Å²) in [5.41, 5.74) is 11.4. The molecule has 0 N–H and O–H groups in total. The van der Waals surface area contributed by atoms with Crippen molar-refractivity contribution in [1.29, 1.82) is 0 Å². The Morgan fingerprint density at radius 3 is 1.39 bits per heavy atom. The molecule has 10 heteroatoms. The largest absolute Gasteiger partial charge is 0.453 e. The average molecular weight is 861 g/mol. The van der Waals surface area contributed by atoms with E-state index in [-0.39, 0.29) is 39.6 Å². The van der Waals surface area contributed by atoms with Gasteiger partial charge in [-0.2, -0.15) is 0 Å². The number of fused-ring (bicyclic) bond motifs is 4. The van der Waals surface area contributed by atoms with Crippen LogP contribution in [0, 0.1) is 13.8 Å². The lowest BCUT2D eigenvalue weighted by Gasteiger charge is -2.25. The summed E-state index contributed by atoms with van der Waals surface area (Å²) in [4.78, 5) is 9.83. The van der Waals surface area contributed by atoms with Crippen molar-refractivity contribution in [3.05, 3.63) is 154 Å². The third-order valence-corrected chi connectivity index (χ3v) is 11.7. The van der Waals surface area contributed by atoms with E-state index in [9.17, 15) is 0 Å². The molecule has 6 aromatic carbocycles. The molecule has 0 saturated carbocycles. The molecule has 3 heterocycles. The van der Waals surface area contributed by atoms with Gasteiger partial charge >= 0.3 is 21.4 Å². The fourth-order valence-corrected chi connectivity index (χ4v) is 8.88. The van der Waals surface area contributed by atoms with E-state index in [1.807, 2.05) is 44.7 Å². The Morgan fingerprint density at radius 2 is 0.903 bits per heavy atom. The van der Waals surface area contributed by atoms with Crippen LogP contribution in [-0.2, 0) is 24.5 Å². The van der Waals surface area contributed by atoms with Crippen molar-refractivity contribution in [3.8, 4) is 22.5 Å². The molecule has 62 heavy (non-hydrogen) atoms. The highest BCUT2D eigenvalue weighted by Crippen LogP contribution is 2.38. The summed E-state index contributed by atoms with van der Waals surface area (Å²) >= 11 is 12.8. The molecule has 1 saturated heterocycles. The van der Waals surface area contributed by atoms with Crippen LogP contribution in [0.4, 0.5) is 0 Å². The standard InChI is InChI=1S/C25H25N.C23H19Cl2N.C3H9B3O3.CH4/c1-16-9-8-12-22-24(16)17(2)13-23(26-22)19-14-18-10-6-7-11-20(18)21(15-19)25(3,4)5;1-23(2,3)17-12-15(11-14-7-4-5-8-16(14)17)21-13-19(25)22-18(24)9-6-10-20(22)26-21;1-4-7-5(2)9-6(3)8-4;/h6-15H,1-5H3;4-13H,1-3H3;1-3H3;1H4. The Bertz CT molecular complexity index is 2680. The third-order valence-electron chi connectivity index (χ3n) is 11.1. The van der Waals surface area contributed by atoms with Crippen molar-refractivity contribution in [2.45, 2.75) is 94.1 Å². The maximum atomic E-state index is 6.54. The van der Waals surface area contributed by atoms with Crippen LogP contribution in [0.25, 0.3) is 65.9 Å². The minimum absolute atomic E-state index is 0. The molecule has 5 nitrogen and oxygen atoms in total. The predicted molar refractivity (Wildman–Crippen MR) is 271 cm³/mol. The van der Waals surface area contributed by atoms with E-state index in [0.717, 1.165) is 33.4 Å². The Morgan fingerprint density at radius 1 is 0.468 bits per heavy atom. The van der Waals surface area contributed by atoms with Crippen LogP contribution >= 0.6 is 23.2 Å². The van der Waals surface area contributed by atoms with Crippen molar-refractivity contribution in [3.63, 3.8) is 0 Å². The van der Waals surface area contributed by atoms with Crippen molar-refractivity contribution < 1.29 is 13.7 Å². The Balaban J connectivity index is 0.000000170. The molecular formula is C52H57B3Cl2N2O3. The molecule has 8 aromatic rings. The second-order valence-electron chi connectivity index (χ2n) is 18.0. The number of hydrogen-bond donors (Lipinski definition) is 0. The minimum Gasteiger partial charge on any atom is -0.453 e. The van der Waals surface area contributed by atoms with Gasteiger partial charge in [0.25, 0.3) is 0 Å². The van der Waals surface area contributed by atoms with E-state index in [2.05, 4.69) is 152 Å². The van der Waals surface area contributed by atoms with Gasteiger partial charge in [0.15, 0.2) is 0 Å². The quantitative estimate of drug-likeness (QED) is 0.162. The maximum Gasteiger partial charge on any atom is 0.426 e. The molecule has 0 amide bonds. The van der Waals surface area contributed by atoms with Gasteiger partial charge in [-0.1, -0.05) is 139 Å². The number of nitrogens with zero attached hydrogens (tertiary/aromatic N) is 2. The first-order valence-electron chi connectivity index (χ1n) is 21.0. The van der Waals surface area contributed by atoms with Gasteiger partial charge in [0, 0.05) is 21.9 Å². The fourth-order valence-electron chi connectivity index (χ4n) is 8.25. The zero-order valence-corrected chi connectivity index (χ0v) is 38.7. The van der Waals surface area contributed by atoms with Crippen molar-refractivity contribution >= 4 is 87.9 Å². The summed E-state index contributed by atoms with van der Waals surface area (Å²) in [6.07, 6.45) is 0. The lowest BCUT2D eigenvalue weighted by atomic mass is 9.74. The highest BCUT2D eigenvalue weighted by molar-refractivity contribution is 6.72. The van der Waals surface area contributed by atoms with Gasteiger partial charge in [0.2, 0.25) is 0 Å². The van der Waals surface area contributed by atoms with Crippen LogP contribution in [0.2, 0.25) is 30.5 Å². The SMILES string of the molecule is C.CB1OB(C)OB(C)O1.CC(C)(C)c1cc(-c2cc(Cl)c3c(Cl)cccc3n2)cc2ccccc12.Cc1cccc2nc(-c3cc(C(C)(C)C)c4ccccc4c3)cc(C)c12. The average Bonchev–Trinajstić information content (AvgIpc) is 3.19. The molecule has 0 spiro atoms. The van der Waals surface area contributed by atoms with E-state index < -0.39 is 0 Å². The molecule has 0 radical (unpaired) electrons. The van der Waals surface area contributed by atoms with Crippen LogP contribution < -0.4 is 0 Å². The molecule has 2 aromatic heterocycles. The smallest absolute Gasteiger partial charge is 0.426 e. The van der Waals surface area contributed by atoms with E-state index in [4.69, 9.17) is 46.9 Å². The van der Waals surface area contributed by atoms with E-state index in [0.29, 0.717) is 10.0 Å². The number of pyridine rings is 2. The number of rotatable bonds is 2. The first kappa shape index (κ1) is 46.8. The molecular weight excluding hydrogens is 804 g/mol. The molecule has 1 fully saturated rings. The third kappa shape index (κ3) is 10.4. The summed E-state index contributed by atoms with van der Waals surface area (Å²) in [7, 11) is -0.406. The molecule has 0 aliphatic carbocycles. The molecule has 9 rings (SSSR count). The normalized spacial score (nSPS) is 13.1. The van der Waals surface area contributed by atoms with Gasteiger partial charge in [-0.25, -0.2) is 9.97 Å². The fraction of sp³-hybridized carbons (Fsp3) is 0.269.